The molecule has 1 amide bonds. The van der Waals surface area contributed by atoms with E-state index in [1.165, 1.54) is 25.7 Å². The highest BCUT2D eigenvalue weighted by Crippen LogP contribution is 2.31. The topological polar surface area (TPSA) is 75.4 Å². The van der Waals surface area contributed by atoms with Crippen molar-refractivity contribution in [3.05, 3.63) is 18.1 Å². The molecule has 1 saturated carbocycles. The lowest BCUT2D eigenvalue weighted by Crippen LogP contribution is -2.38. The van der Waals surface area contributed by atoms with E-state index >= 15 is 0 Å². The first-order valence-electron chi connectivity index (χ1n) is 9.59. The van der Waals surface area contributed by atoms with E-state index in [9.17, 15) is 4.79 Å². The van der Waals surface area contributed by atoms with Crippen LogP contribution in [0, 0.1) is 11.8 Å². The molecule has 6 heteroatoms. The molecule has 1 aromatic rings. The summed E-state index contributed by atoms with van der Waals surface area (Å²) in [5.74, 6) is 2.50. The third-order valence-corrected chi connectivity index (χ3v) is 5.80. The Morgan fingerprint density at radius 1 is 1.40 bits per heavy atom. The number of anilines is 1. The number of likely N-dealkylation sites (N-methyl/N-ethyl adjacent to an activating group) is 1. The molecule has 1 aliphatic heterocycles. The van der Waals surface area contributed by atoms with Gasteiger partial charge in [0.25, 0.3) is 0 Å². The maximum atomic E-state index is 12.8. The lowest BCUT2D eigenvalue weighted by Gasteiger charge is -2.26. The SMILES string of the molecule is C[C@@H](CC1CCCC1)C(=O)N1CC[C@@H](N(C)Cc2nccc(N)n2)C1. The summed E-state index contributed by atoms with van der Waals surface area (Å²) in [6.07, 6.45) is 9.07. The summed E-state index contributed by atoms with van der Waals surface area (Å²) in [5.41, 5.74) is 5.73. The van der Waals surface area contributed by atoms with Crippen LogP contribution in [0.3, 0.4) is 0 Å². The van der Waals surface area contributed by atoms with Crippen molar-refractivity contribution >= 4 is 11.7 Å². The fourth-order valence-electron chi connectivity index (χ4n) is 4.30. The molecular weight excluding hydrogens is 314 g/mol. The Morgan fingerprint density at radius 3 is 2.88 bits per heavy atom. The Morgan fingerprint density at radius 2 is 2.16 bits per heavy atom. The quantitative estimate of drug-likeness (QED) is 0.856. The molecule has 0 spiro atoms. The highest BCUT2D eigenvalue weighted by molar-refractivity contribution is 5.78. The number of nitrogens with zero attached hydrogens (tertiary/aromatic N) is 4. The number of hydrogen-bond donors (Lipinski definition) is 1. The van der Waals surface area contributed by atoms with Crippen molar-refractivity contribution < 1.29 is 4.79 Å². The van der Waals surface area contributed by atoms with Crippen LogP contribution in [-0.4, -0.2) is 51.9 Å². The zero-order chi connectivity index (χ0) is 17.8. The number of likely N-dealkylation sites (tertiary alicyclic amines) is 1. The maximum Gasteiger partial charge on any atom is 0.225 e. The van der Waals surface area contributed by atoms with Gasteiger partial charge >= 0.3 is 0 Å². The van der Waals surface area contributed by atoms with Crippen LogP contribution in [0.2, 0.25) is 0 Å². The molecule has 2 fully saturated rings. The van der Waals surface area contributed by atoms with Gasteiger partial charge in [0.1, 0.15) is 11.6 Å². The molecule has 0 bridgehead atoms. The van der Waals surface area contributed by atoms with E-state index in [0.29, 0.717) is 24.3 Å². The predicted molar refractivity (Wildman–Crippen MR) is 98.6 cm³/mol. The molecule has 1 aliphatic carbocycles. The van der Waals surface area contributed by atoms with Crippen LogP contribution in [0.5, 0.6) is 0 Å². The van der Waals surface area contributed by atoms with Crippen molar-refractivity contribution in [3.63, 3.8) is 0 Å². The molecule has 0 aromatic carbocycles. The van der Waals surface area contributed by atoms with Crippen LogP contribution in [0.4, 0.5) is 5.82 Å². The first-order chi connectivity index (χ1) is 12.0. The summed E-state index contributed by atoms with van der Waals surface area (Å²) in [5, 5.41) is 0. The average Bonchev–Trinajstić information content (AvgIpc) is 3.25. The molecular formula is C19H31N5O. The minimum Gasteiger partial charge on any atom is -0.384 e. The van der Waals surface area contributed by atoms with Gasteiger partial charge < -0.3 is 10.6 Å². The number of carbonyl (C=O) groups excluding carboxylic acids is 1. The van der Waals surface area contributed by atoms with E-state index in [1.807, 2.05) is 0 Å². The second-order valence-corrected chi connectivity index (χ2v) is 7.83. The molecule has 2 N–H and O–H groups in total. The van der Waals surface area contributed by atoms with Crippen molar-refractivity contribution in [1.29, 1.82) is 0 Å². The largest absolute Gasteiger partial charge is 0.384 e. The summed E-state index contributed by atoms with van der Waals surface area (Å²) < 4.78 is 0. The normalized spacial score (nSPS) is 22.7. The molecule has 25 heavy (non-hydrogen) atoms. The maximum absolute atomic E-state index is 12.8. The minimum atomic E-state index is 0.157. The number of aromatic nitrogens is 2. The van der Waals surface area contributed by atoms with Gasteiger partial charge in [-0.3, -0.25) is 9.69 Å². The van der Waals surface area contributed by atoms with Crippen LogP contribution in [0.1, 0.15) is 51.3 Å². The first-order valence-corrected chi connectivity index (χ1v) is 9.59. The van der Waals surface area contributed by atoms with Gasteiger partial charge in [-0.1, -0.05) is 32.6 Å². The van der Waals surface area contributed by atoms with Crippen LogP contribution in [-0.2, 0) is 11.3 Å². The van der Waals surface area contributed by atoms with Crippen LogP contribution in [0.25, 0.3) is 0 Å². The molecule has 0 unspecified atom stereocenters. The van der Waals surface area contributed by atoms with E-state index in [2.05, 4.69) is 33.7 Å². The van der Waals surface area contributed by atoms with E-state index in [-0.39, 0.29) is 5.92 Å². The Balaban J connectivity index is 1.49. The van der Waals surface area contributed by atoms with Gasteiger partial charge in [-0.2, -0.15) is 0 Å². The average molecular weight is 345 g/mol. The summed E-state index contributed by atoms with van der Waals surface area (Å²) in [6.45, 7) is 4.45. The Hall–Kier alpha value is -1.69. The highest BCUT2D eigenvalue weighted by Gasteiger charge is 2.32. The van der Waals surface area contributed by atoms with Gasteiger partial charge in [0.15, 0.2) is 0 Å². The number of nitrogens with two attached hydrogens (primary N) is 1. The van der Waals surface area contributed by atoms with Gasteiger partial charge in [0, 0.05) is 31.2 Å². The lowest BCUT2D eigenvalue weighted by molar-refractivity contribution is -0.134. The number of amides is 1. The fraction of sp³-hybridized carbons (Fsp3) is 0.737. The molecule has 0 radical (unpaired) electrons. The second-order valence-electron chi connectivity index (χ2n) is 7.83. The lowest BCUT2D eigenvalue weighted by atomic mass is 9.93. The van der Waals surface area contributed by atoms with Gasteiger partial charge in [0.2, 0.25) is 5.91 Å². The summed E-state index contributed by atoms with van der Waals surface area (Å²) in [6, 6.07) is 2.07. The molecule has 2 aliphatic rings. The molecule has 1 aromatic heterocycles. The van der Waals surface area contributed by atoms with Crippen molar-refractivity contribution in [2.75, 3.05) is 25.9 Å². The summed E-state index contributed by atoms with van der Waals surface area (Å²) >= 11 is 0. The van der Waals surface area contributed by atoms with E-state index in [0.717, 1.165) is 37.7 Å². The molecule has 3 rings (SSSR count). The van der Waals surface area contributed by atoms with Crippen LogP contribution in [0.15, 0.2) is 12.3 Å². The monoisotopic (exact) mass is 345 g/mol. The minimum absolute atomic E-state index is 0.157. The molecule has 6 nitrogen and oxygen atoms in total. The standard InChI is InChI=1S/C19H31N5O/c1-14(11-15-5-3-4-6-15)19(25)24-10-8-16(12-24)23(2)13-18-21-9-7-17(20)22-18/h7,9,14-16H,3-6,8,10-13H2,1-2H3,(H2,20,21,22)/t14-,16+/m0/s1. The Bertz CT molecular complexity index is 587. The van der Waals surface area contributed by atoms with Gasteiger partial charge in [-0.15, -0.1) is 0 Å². The first kappa shape index (κ1) is 18.1. The summed E-state index contributed by atoms with van der Waals surface area (Å²) in [7, 11) is 2.08. The van der Waals surface area contributed by atoms with Crippen molar-refractivity contribution in [2.24, 2.45) is 11.8 Å². The number of carbonyl (C=O) groups is 1. The number of nitrogen functional groups attached to an aromatic ring is 1. The van der Waals surface area contributed by atoms with Gasteiger partial charge in [-0.25, -0.2) is 9.97 Å². The smallest absolute Gasteiger partial charge is 0.225 e. The van der Waals surface area contributed by atoms with E-state index < -0.39 is 0 Å². The Kier molecular flexibility index (Phi) is 5.89. The van der Waals surface area contributed by atoms with Crippen molar-refractivity contribution in [3.8, 4) is 0 Å². The zero-order valence-corrected chi connectivity index (χ0v) is 15.5. The number of rotatable bonds is 6. The fourth-order valence-corrected chi connectivity index (χ4v) is 4.30. The molecule has 2 heterocycles. The zero-order valence-electron chi connectivity index (χ0n) is 15.5. The van der Waals surface area contributed by atoms with Crippen LogP contribution < -0.4 is 5.73 Å². The van der Waals surface area contributed by atoms with Crippen molar-refractivity contribution in [2.45, 2.75) is 58.0 Å². The second kappa shape index (κ2) is 8.13. The molecule has 138 valence electrons. The third-order valence-electron chi connectivity index (χ3n) is 5.80. The third kappa shape index (κ3) is 4.69. The van der Waals surface area contributed by atoms with E-state index in [1.54, 1.807) is 12.3 Å². The predicted octanol–water partition coefficient (Wildman–Crippen LogP) is 2.31. The highest BCUT2D eigenvalue weighted by atomic mass is 16.2. The van der Waals surface area contributed by atoms with Crippen LogP contribution >= 0.6 is 0 Å². The van der Waals surface area contributed by atoms with Gasteiger partial charge in [-0.05, 0) is 31.9 Å². The van der Waals surface area contributed by atoms with Gasteiger partial charge in [0.05, 0.1) is 6.54 Å². The van der Waals surface area contributed by atoms with E-state index in [4.69, 9.17) is 5.73 Å². The number of hydrogen-bond acceptors (Lipinski definition) is 5. The molecule has 2 atom stereocenters. The van der Waals surface area contributed by atoms with Crippen molar-refractivity contribution in [1.82, 2.24) is 19.8 Å². The summed E-state index contributed by atoms with van der Waals surface area (Å²) in [4.78, 5) is 25.6. The molecule has 1 saturated heterocycles. The Labute approximate surface area is 150 Å².